The van der Waals surface area contributed by atoms with Gasteiger partial charge in [-0.1, -0.05) is 63.8 Å². The highest BCUT2D eigenvalue weighted by Gasteiger charge is 2.29. The first-order valence-corrected chi connectivity index (χ1v) is 9.56. The molecular formula is C21H30O5. The number of hydrogen-bond acceptors (Lipinski definition) is 5. The second kappa shape index (κ2) is 13.1. The van der Waals surface area contributed by atoms with Crippen molar-refractivity contribution in [3.05, 3.63) is 35.8 Å². The molecule has 5 nitrogen and oxygen atoms in total. The van der Waals surface area contributed by atoms with E-state index in [2.05, 4.69) is 13.8 Å². The van der Waals surface area contributed by atoms with Crippen molar-refractivity contribution in [2.24, 2.45) is 0 Å². The van der Waals surface area contributed by atoms with Gasteiger partial charge in [-0.15, -0.1) is 0 Å². The molecule has 0 radical (unpaired) electrons. The maximum absolute atomic E-state index is 11.9. The molecule has 0 spiro atoms. The molecule has 0 aromatic carbocycles. The number of esters is 2. The van der Waals surface area contributed by atoms with Gasteiger partial charge in [0.2, 0.25) is 11.5 Å². The van der Waals surface area contributed by atoms with Crippen LogP contribution in [0.25, 0.3) is 0 Å². The van der Waals surface area contributed by atoms with Crippen LogP contribution in [0, 0.1) is 0 Å². The van der Waals surface area contributed by atoms with E-state index in [-0.39, 0.29) is 36.6 Å². The maximum atomic E-state index is 11.9. The summed E-state index contributed by atoms with van der Waals surface area (Å²) in [7, 11) is 0. The van der Waals surface area contributed by atoms with Crippen LogP contribution in [0.15, 0.2) is 35.8 Å². The van der Waals surface area contributed by atoms with Crippen molar-refractivity contribution in [1.82, 2.24) is 0 Å². The van der Waals surface area contributed by atoms with Crippen LogP contribution < -0.4 is 0 Å². The zero-order chi connectivity index (χ0) is 19.2. The van der Waals surface area contributed by atoms with Crippen molar-refractivity contribution in [2.75, 3.05) is 0 Å². The number of ether oxygens (including phenoxy) is 2. The summed E-state index contributed by atoms with van der Waals surface area (Å²) in [6, 6.07) is 0. The van der Waals surface area contributed by atoms with E-state index in [0.29, 0.717) is 6.42 Å². The molecule has 0 unspecified atom stereocenters. The molecule has 1 rings (SSSR count). The van der Waals surface area contributed by atoms with Gasteiger partial charge in [-0.25, -0.2) is 0 Å². The molecule has 144 valence electrons. The minimum atomic E-state index is -0.518. The molecule has 0 heterocycles. The Kier molecular flexibility index (Phi) is 11.0. The topological polar surface area (TPSA) is 69.7 Å². The molecule has 0 aliphatic heterocycles. The normalized spacial score (nSPS) is 14.6. The summed E-state index contributed by atoms with van der Waals surface area (Å²) in [5, 5.41) is 0. The SMILES string of the molecule is CCCCC=CCC(=O)OC1=C(OC(=O)CC=CCCCC)C(=O)CC1. The van der Waals surface area contributed by atoms with E-state index < -0.39 is 11.9 Å². The van der Waals surface area contributed by atoms with Crippen LogP contribution in [0.1, 0.15) is 78.1 Å². The first kappa shape index (κ1) is 21.9. The fourth-order valence-corrected chi connectivity index (χ4v) is 2.39. The van der Waals surface area contributed by atoms with Crippen molar-refractivity contribution >= 4 is 17.7 Å². The van der Waals surface area contributed by atoms with Crippen LogP contribution in [0.5, 0.6) is 0 Å². The van der Waals surface area contributed by atoms with Crippen LogP contribution in [0.3, 0.4) is 0 Å². The Balaban J connectivity index is 2.50. The van der Waals surface area contributed by atoms with Gasteiger partial charge in [0.15, 0.2) is 5.76 Å². The summed E-state index contributed by atoms with van der Waals surface area (Å²) >= 11 is 0. The predicted molar refractivity (Wildman–Crippen MR) is 100 cm³/mol. The lowest BCUT2D eigenvalue weighted by molar-refractivity contribution is -0.143. The zero-order valence-corrected chi connectivity index (χ0v) is 15.9. The van der Waals surface area contributed by atoms with Gasteiger partial charge in [0.25, 0.3) is 0 Å². The lowest BCUT2D eigenvalue weighted by atomic mass is 10.2. The van der Waals surface area contributed by atoms with Crippen molar-refractivity contribution in [1.29, 1.82) is 0 Å². The maximum Gasteiger partial charge on any atom is 0.315 e. The first-order valence-electron chi connectivity index (χ1n) is 9.56. The molecule has 0 aromatic heterocycles. The molecule has 0 bridgehead atoms. The van der Waals surface area contributed by atoms with E-state index in [1.165, 1.54) is 0 Å². The van der Waals surface area contributed by atoms with E-state index in [4.69, 9.17) is 9.47 Å². The standard InChI is InChI=1S/C21H30O5/c1-3-5-7-9-11-13-19(23)25-18-16-15-17(22)21(18)26-20(24)14-12-10-8-6-4-2/h9-12H,3-8,13-16H2,1-2H3. The Labute approximate surface area is 156 Å². The predicted octanol–water partition coefficient (Wildman–Crippen LogP) is 4.92. The number of rotatable bonds is 12. The van der Waals surface area contributed by atoms with Crippen LogP contribution >= 0.6 is 0 Å². The third-order valence-corrected chi connectivity index (χ3v) is 3.89. The summed E-state index contributed by atoms with van der Waals surface area (Å²) in [5.74, 6) is -1.20. The van der Waals surface area contributed by atoms with Gasteiger partial charge in [-0.05, 0) is 12.8 Å². The van der Waals surface area contributed by atoms with Gasteiger partial charge in [0.1, 0.15) is 0 Å². The highest BCUT2D eigenvalue weighted by molar-refractivity contribution is 5.98. The number of carbonyl (C=O) groups is 3. The Morgan fingerprint density at radius 3 is 1.92 bits per heavy atom. The average Bonchev–Trinajstić information content (AvgIpc) is 2.94. The third kappa shape index (κ3) is 8.79. The lowest BCUT2D eigenvalue weighted by Crippen LogP contribution is -2.11. The molecule has 5 heteroatoms. The van der Waals surface area contributed by atoms with Crippen LogP contribution in [0.2, 0.25) is 0 Å². The third-order valence-electron chi connectivity index (χ3n) is 3.89. The number of allylic oxidation sites excluding steroid dienone is 4. The molecular weight excluding hydrogens is 332 g/mol. The Hall–Kier alpha value is -2.17. The van der Waals surface area contributed by atoms with Crippen molar-refractivity contribution in [3.63, 3.8) is 0 Å². The number of Topliss-reactive ketones (excluding diaryl/α,β-unsaturated/α-hetero) is 1. The highest BCUT2D eigenvalue weighted by atomic mass is 16.6. The summed E-state index contributed by atoms with van der Waals surface area (Å²) in [6.45, 7) is 4.21. The highest BCUT2D eigenvalue weighted by Crippen LogP contribution is 2.25. The van der Waals surface area contributed by atoms with Crippen molar-refractivity contribution in [2.45, 2.75) is 78.1 Å². The summed E-state index contributed by atoms with van der Waals surface area (Å²) in [5.41, 5.74) is 0. The number of hydrogen-bond donors (Lipinski definition) is 0. The van der Waals surface area contributed by atoms with Gasteiger partial charge in [0, 0.05) is 12.8 Å². The molecule has 0 fully saturated rings. The van der Waals surface area contributed by atoms with Gasteiger partial charge < -0.3 is 9.47 Å². The van der Waals surface area contributed by atoms with E-state index in [9.17, 15) is 14.4 Å². The molecule has 0 saturated heterocycles. The smallest absolute Gasteiger partial charge is 0.315 e. The van der Waals surface area contributed by atoms with E-state index in [1.807, 2.05) is 12.2 Å². The largest absolute Gasteiger partial charge is 0.427 e. The van der Waals surface area contributed by atoms with E-state index in [0.717, 1.165) is 38.5 Å². The molecule has 0 N–H and O–H groups in total. The van der Waals surface area contributed by atoms with Crippen LogP contribution in [-0.2, 0) is 23.9 Å². The summed E-state index contributed by atoms with van der Waals surface area (Å²) in [6.07, 6.45) is 14.3. The van der Waals surface area contributed by atoms with Gasteiger partial charge in [0.05, 0.1) is 12.8 Å². The minimum absolute atomic E-state index is 0.0991. The quantitative estimate of drug-likeness (QED) is 0.280. The molecule has 1 aliphatic rings. The fraction of sp³-hybridized carbons (Fsp3) is 0.571. The Morgan fingerprint density at radius 2 is 1.38 bits per heavy atom. The second-order valence-corrected chi connectivity index (χ2v) is 6.26. The molecule has 1 aliphatic carbocycles. The van der Waals surface area contributed by atoms with Crippen molar-refractivity contribution < 1.29 is 23.9 Å². The molecule has 0 saturated carbocycles. The second-order valence-electron chi connectivity index (χ2n) is 6.26. The molecule has 0 aromatic rings. The lowest BCUT2D eigenvalue weighted by Gasteiger charge is -2.07. The van der Waals surface area contributed by atoms with Crippen molar-refractivity contribution in [3.8, 4) is 0 Å². The fourth-order valence-electron chi connectivity index (χ4n) is 2.39. The summed E-state index contributed by atoms with van der Waals surface area (Å²) < 4.78 is 10.4. The number of carbonyl (C=O) groups excluding carboxylic acids is 3. The van der Waals surface area contributed by atoms with Crippen LogP contribution in [0.4, 0.5) is 0 Å². The molecule has 26 heavy (non-hydrogen) atoms. The number of ketones is 1. The van der Waals surface area contributed by atoms with Gasteiger partial charge >= 0.3 is 11.9 Å². The monoisotopic (exact) mass is 362 g/mol. The van der Waals surface area contributed by atoms with Gasteiger partial charge in [-0.2, -0.15) is 0 Å². The average molecular weight is 362 g/mol. The molecule has 0 amide bonds. The van der Waals surface area contributed by atoms with E-state index >= 15 is 0 Å². The zero-order valence-electron chi connectivity index (χ0n) is 15.9. The van der Waals surface area contributed by atoms with E-state index in [1.54, 1.807) is 12.2 Å². The first-order chi connectivity index (χ1) is 12.6. The van der Waals surface area contributed by atoms with Gasteiger partial charge in [-0.3, -0.25) is 14.4 Å². The molecule has 0 atom stereocenters. The Bertz CT molecular complexity index is 569. The Morgan fingerprint density at radius 1 is 0.846 bits per heavy atom. The number of unbranched alkanes of at least 4 members (excludes halogenated alkanes) is 4. The van der Waals surface area contributed by atoms with Crippen LogP contribution in [-0.4, -0.2) is 17.7 Å². The summed E-state index contributed by atoms with van der Waals surface area (Å²) in [4.78, 5) is 35.6. The minimum Gasteiger partial charge on any atom is -0.427 e.